The van der Waals surface area contributed by atoms with Crippen LogP contribution in [0.1, 0.15) is 28.4 Å². The highest BCUT2D eigenvalue weighted by molar-refractivity contribution is 5.95. The molecular formula is C28H26N2O4. The minimum atomic E-state index is -0.340. The molecule has 0 heterocycles. The predicted molar refractivity (Wildman–Crippen MR) is 134 cm³/mol. The normalized spacial score (nSPS) is 10.9. The van der Waals surface area contributed by atoms with Crippen molar-refractivity contribution in [2.45, 2.75) is 13.5 Å². The standard InChI is InChI=1S/C28H26N2O4/c1-3-33-26-16-13-22(17-27(26)32-2)28(31)30-29-18-20-11-14-24(15-12-20)34-19-23-9-6-8-21-7-4-5-10-25(21)23/h4-18H,3,19H2,1-2H3,(H,30,31)/b29-18+. The lowest BCUT2D eigenvalue weighted by Crippen LogP contribution is -2.17. The number of carbonyl (C=O) groups is 1. The van der Waals surface area contributed by atoms with E-state index in [1.54, 1.807) is 24.4 Å². The van der Waals surface area contributed by atoms with Crippen LogP contribution >= 0.6 is 0 Å². The van der Waals surface area contributed by atoms with Crippen molar-refractivity contribution in [1.29, 1.82) is 0 Å². The van der Waals surface area contributed by atoms with Crippen molar-refractivity contribution in [1.82, 2.24) is 5.43 Å². The molecule has 34 heavy (non-hydrogen) atoms. The maximum atomic E-state index is 12.4. The second-order valence-corrected chi connectivity index (χ2v) is 7.49. The van der Waals surface area contributed by atoms with Crippen LogP contribution in [0.15, 0.2) is 90.0 Å². The fourth-order valence-corrected chi connectivity index (χ4v) is 3.54. The van der Waals surface area contributed by atoms with E-state index in [0.717, 1.165) is 16.9 Å². The second kappa shape index (κ2) is 11.0. The van der Waals surface area contributed by atoms with Gasteiger partial charge in [0, 0.05) is 5.56 Å². The Kier molecular flexibility index (Phi) is 7.40. The Morgan fingerprint density at radius 2 is 1.71 bits per heavy atom. The summed E-state index contributed by atoms with van der Waals surface area (Å²) in [7, 11) is 1.53. The van der Waals surface area contributed by atoms with Crippen molar-refractivity contribution < 1.29 is 19.0 Å². The van der Waals surface area contributed by atoms with E-state index in [2.05, 4.69) is 34.8 Å². The monoisotopic (exact) mass is 454 g/mol. The molecule has 0 aliphatic rings. The van der Waals surface area contributed by atoms with Crippen LogP contribution in [0.2, 0.25) is 0 Å². The SMILES string of the molecule is CCOc1ccc(C(=O)N/N=C/c2ccc(OCc3cccc4ccccc34)cc2)cc1OC. The van der Waals surface area contributed by atoms with Crippen LogP contribution in [-0.2, 0) is 6.61 Å². The number of amides is 1. The second-order valence-electron chi connectivity index (χ2n) is 7.49. The highest BCUT2D eigenvalue weighted by atomic mass is 16.5. The first-order chi connectivity index (χ1) is 16.7. The first-order valence-corrected chi connectivity index (χ1v) is 11.0. The molecule has 0 fully saturated rings. The molecule has 1 N–H and O–H groups in total. The number of hydrazone groups is 1. The van der Waals surface area contributed by atoms with Crippen molar-refractivity contribution in [3.63, 3.8) is 0 Å². The lowest BCUT2D eigenvalue weighted by molar-refractivity contribution is 0.0954. The third kappa shape index (κ3) is 5.53. The van der Waals surface area contributed by atoms with Crippen LogP contribution in [0.5, 0.6) is 17.2 Å². The Hall–Kier alpha value is -4.32. The van der Waals surface area contributed by atoms with Crippen LogP contribution in [0.4, 0.5) is 0 Å². The van der Waals surface area contributed by atoms with Crippen molar-refractivity contribution in [2.24, 2.45) is 5.10 Å². The Labute approximate surface area is 198 Å². The zero-order valence-corrected chi connectivity index (χ0v) is 19.2. The van der Waals surface area contributed by atoms with Gasteiger partial charge in [-0.25, -0.2) is 5.43 Å². The highest BCUT2D eigenvalue weighted by Crippen LogP contribution is 2.28. The summed E-state index contributed by atoms with van der Waals surface area (Å²) in [5.74, 6) is 1.51. The molecule has 6 heteroatoms. The average Bonchev–Trinajstić information content (AvgIpc) is 2.88. The molecule has 0 aliphatic heterocycles. The summed E-state index contributed by atoms with van der Waals surface area (Å²) in [6, 6.07) is 27.0. The molecule has 4 aromatic rings. The van der Waals surface area contributed by atoms with Crippen LogP contribution in [0.3, 0.4) is 0 Å². The van der Waals surface area contributed by atoms with E-state index < -0.39 is 0 Å². The molecule has 0 bridgehead atoms. The zero-order chi connectivity index (χ0) is 23.8. The Morgan fingerprint density at radius 3 is 2.50 bits per heavy atom. The van der Waals surface area contributed by atoms with Gasteiger partial charge in [0.2, 0.25) is 0 Å². The number of carbonyl (C=O) groups excluding carboxylic acids is 1. The Bertz CT molecular complexity index is 1290. The molecule has 0 spiro atoms. The molecule has 4 rings (SSSR count). The topological polar surface area (TPSA) is 69.2 Å². The van der Waals surface area contributed by atoms with Crippen molar-refractivity contribution in [3.8, 4) is 17.2 Å². The molecule has 6 nitrogen and oxygen atoms in total. The van der Waals surface area contributed by atoms with Gasteiger partial charge < -0.3 is 14.2 Å². The number of rotatable bonds is 9. The molecule has 0 atom stereocenters. The molecule has 4 aromatic carbocycles. The summed E-state index contributed by atoms with van der Waals surface area (Å²) >= 11 is 0. The first kappa shape index (κ1) is 22.9. The Morgan fingerprint density at radius 1 is 0.912 bits per heavy atom. The van der Waals surface area contributed by atoms with Gasteiger partial charge >= 0.3 is 0 Å². The van der Waals surface area contributed by atoms with Crippen molar-refractivity contribution in [2.75, 3.05) is 13.7 Å². The number of ether oxygens (including phenoxy) is 3. The molecule has 0 unspecified atom stereocenters. The number of methoxy groups -OCH3 is 1. The predicted octanol–water partition coefficient (Wildman–Crippen LogP) is 5.59. The number of benzene rings is 4. The van der Waals surface area contributed by atoms with Gasteiger partial charge in [-0.15, -0.1) is 0 Å². The highest BCUT2D eigenvalue weighted by Gasteiger charge is 2.10. The lowest BCUT2D eigenvalue weighted by Gasteiger charge is -2.10. The maximum Gasteiger partial charge on any atom is 0.271 e. The molecule has 1 amide bonds. The lowest BCUT2D eigenvalue weighted by atomic mass is 10.1. The van der Waals surface area contributed by atoms with E-state index in [1.807, 2.05) is 49.4 Å². The third-order valence-corrected chi connectivity index (χ3v) is 5.26. The van der Waals surface area contributed by atoms with Gasteiger partial charge in [-0.1, -0.05) is 42.5 Å². The smallest absolute Gasteiger partial charge is 0.271 e. The molecule has 0 radical (unpaired) electrons. The van der Waals surface area contributed by atoms with Gasteiger partial charge in [0.15, 0.2) is 11.5 Å². The average molecular weight is 455 g/mol. The van der Waals surface area contributed by atoms with Crippen LogP contribution < -0.4 is 19.6 Å². The summed E-state index contributed by atoms with van der Waals surface area (Å²) in [6.07, 6.45) is 1.58. The van der Waals surface area contributed by atoms with Crippen molar-refractivity contribution in [3.05, 3.63) is 102 Å². The summed E-state index contributed by atoms with van der Waals surface area (Å²) < 4.78 is 16.7. The van der Waals surface area contributed by atoms with E-state index >= 15 is 0 Å². The molecule has 0 saturated carbocycles. The summed E-state index contributed by atoms with van der Waals surface area (Å²) in [5, 5.41) is 6.44. The molecule has 0 aromatic heterocycles. The number of nitrogens with one attached hydrogen (secondary N) is 1. The third-order valence-electron chi connectivity index (χ3n) is 5.26. The zero-order valence-electron chi connectivity index (χ0n) is 19.2. The first-order valence-electron chi connectivity index (χ1n) is 11.0. The maximum absolute atomic E-state index is 12.4. The molecular weight excluding hydrogens is 428 g/mol. The minimum Gasteiger partial charge on any atom is -0.493 e. The molecule has 0 saturated heterocycles. The van der Waals surface area contributed by atoms with Gasteiger partial charge in [-0.2, -0.15) is 5.10 Å². The minimum absolute atomic E-state index is 0.340. The number of nitrogens with zero attached hydrogens (tertiary/aromatic N) is 1. The number of hydrogen-bond acceptors (Lipinski definition) is 5. The van der Waals surface area contributed by atoms with Gasteiger partial charge in [0.25, 0.3) is 5.91 Å². The summed E-state index contributed by atoms with van der Waals surface area (Å²) in [5.41, 5.74) is 4.93. The van der Waals surface area contributed by atoms with Crippen LogP contribution in [-0.4, -0.2) is 25.8 Å². The van der Waals surface area contributed by atoms with Crippen molar-refractivity contribution >= 4 is 22.9 Å². The van der Waals surface area contributed by atoms with Gasteiger partial charge in [0.1, 0.15) is 12.4 Å². The largest absolute Gasteiger partial charge is 0.493 e. The summed E-state index contributed by atoms with van der Waals surface area (Å²) in [6.45, 7) is 2.88. The van der Waals surface area contributed by atoms with Crippen LogP contribution in [0, 0.1) is 0 Å². The summed E-state index contributed by atoms with van der Waals surface area (Å²) in [4.78, 5) is 12.4. The fraction of sp³-hybridized carbons (Fsp3) is 0.143. The fourth-order valence-electron chi connectivity index (χ4n) is 3.54. The van der Waals surface area contributed by atoms with E-state index in [1.165, 1.54) is 17.9 Å². The van der Waals surface area contributed by atoms with Gasteiger partial charge in [-0.3, -0.25) is 4.79 Å². The molecule has 0 aliphatic carbocycles. The van der Waals surface area contributed by atoms with E-state index in [0.29, 0.717) is 30.3 Å². The number of hydrogen-bond donors (Lipinski definition) is 1. The van der Waals surface area contributed by atoms with E-state index in [4.69, 9.17) is 14.2 Å². The number of fused-ring (bicyclic) bond motifs is 1. The quantitative estimate of drug-likeness (QED) is 0.264. The van der Waals surface area contributed by atoms with Crippen LogP contribution in [0.25, 0.3) is 10.8 Å². The Balaban J connectivity index is 1.33. The van der Waals surface area contributed by atoms with E-state index in [9.17, 15) is 4.79 Å². The van der Waals surface area contributed by atoms with E-state index in [-0.39, 0.29) is 5.91 Å². The van der Waals surface area contributed by atoms with Gasteiger partial charge in [-0.05, 0) is 71.3 Å². The molecule has 172 valence electrons. The van der Waals surface area contributed by atoms with Gasteiger partial charge in [0.05, 0.1) is 19.9 Å².